The van der Waals surface area contributed by atoms with Gasteiger partial charge in [-0.2, -0.15) is 5.10 Å². The minimum atomic E-state index is 0.0447. The molecule has 27 heavy (non-hydrogen) atoms. The van der Waals surface area contributed by atoms with Crippen LogP contribution in [0.4, 0.5) is 0 Å². The summed E-state index contributed by atoms with van der Waals surface area (Å²) in [6.07, 6.45) is 7.90. The van der Waals surface area contributed by atoms with Crippen molar-refractivity contribution in [2.45, 2.75) is 20.3 Å². The number of carbonyl (C=O) groups is 1. The molecule has 5 nitrogen and oxygen atoms in total. The first kappa shape index (κ1) is 17.1. The van der Waals surface area contributed by atoms with Crippen LogP contribution in [0.2, 0.25) is 0 Å². The van der Waals surface area contributed by atoms with E-state index in [0.29, 0.717) is 12.1 Å². The molecule has 0 N–H and O–H groups in total. The lowest BCUT2D eigenvalue weighted by molar-refractivity contribution is 0.0984. The SMILES string of the molecule is CCC(=O)c1ccc2cncc(-c3ccc(-c4cnn(C)c4)cc3C)c2n1. The van der Waals surface area contributed by atoms with E-state index < -0.39 is 0 Å². The zero-order valence-electron chi connectivity index (χ0n) is 15.6. The van der Waals surface area contributed by atoms with Crippen LogP contribution in [0, 0.1) is 6.92 Å². The van der Waals surface area contributed by atoms with Gasteiger partial charge in [-0.3, -0.25) is 14.5 Å². The molecular weight excluding hydrogens is 336 g/mol. The first-order valence-electron chi connectivity index (χ1n) is 8.95. The molecule has 0 unspecified atom stereocenters. The summed E-state index contributed by atoms with van der Waals surface area (Å²) >= 11 is 0. The number of fused-ring (bicyclic) bond motifs is 1. The summed E-state index contributed by atoms with van der Waals surface area (Å²) in [6, 6.07) is 10.0. The van der Waals surface area contributed by atoms with E-state index in [0.717, 1.165) is 38.7 Å². The number of carbonyl (C=O) groups excluding carboxylic acids is 1. The summed E-state index contributed by atoms with van der Waals surface area (Å²) in [5.41, 5.74) is 6.63. The van der Waals surface area contributed by atoms with Crippen LogP contribution in [0.15, 0.2) is 55.1 Å². The van der Waals surface area contributed by atoms with Gasteiger partial charge >= 0.3 is 0 Å². The lowest BCUT2D eigenvalue weighted by atomic mass is 9.96. The van der Waals surface area contributed by atoms with Gasteiger partial charge < -0.3 is 0 Å². The first-order chi connectivity index (χ1) is 13.1. The number of Topliss-reactive ketones (excluding diaryl/α,β-unsaturated/α-hetero) is 1. The molecule has 4 aromatic rings. The van der Waals surface area contributed by atoms with Crippen LogP contribution in [-0.2, 0) is 7.05 Å². The molecule has 5 heteroatoms. The van der Waals surface area contributed by atoms with E-state index in [1.807, 2.05) is 38.6 Å². The molecule has 0 atom stereocenters. The fraction of sp³-hybridized carbons (Fsp3) is 0.182. The van der Waals surface area contributed by atoms with E-state index in [1.165, 1.54) is 0 Å². The molecule has 0 aliphatic carbocycles. The fourth-order valence-electron chi connectivity index (χ4n) is 3.29. The van der Waals surface area contributed by atoms with Gasteiger partial charge in [0.25, 0.3) is 0 Å². The van der Waals surface area contributed by atoms with Gasteiger partial charge in [0.15, 0.2) is 5.78 Å². The minimum Gasteiger partial charge on any atom is -0.292 e. The highest BCUT2D eigenvalue weighted by Gasteiger charge is 2.13. The molecule has 134 valence electrons. The third-order valence-corrected chi connectivity index (χ3v) is 4.76. The quantitative estimate of drug-likeness (QED) is 0.502. The first-order valence-corrected chi connectivity index (χ1v) is 8.95. The lowest BCUT2D eigenvalue weighted by Gasteiger charge is -2.11. The molecule has 0 spiro atoms. The molecule has 3 heterocycles. The van der Waals surface area contributed by atoms with Gasteiger partial charge in [-0.1, -0.05) is 25.1 Å². The minimum absolute atomic E-state index is 0.0447. The molecule has 4 rings (SSSR count). The summed E-state index contributed by atoms with van der Waals surface area (Å²) < 4.78 is 1.80. The Labute approximate surface area is 157 Å². The lowest BCUT2D eigenvalue weighted by Crippen LogP contribution is -2.01. The number of aromatic nitrogens is 4. The van der Waals surface area contributed by atoms with E-state index in [1.54, 1.807) is 16.9 Å². The Balaban J connectivity index is 1.85. The molecular formula is C22H20N4O. The van der Waals surface area contributed by atoms with E-state index >= 15 is 0 Å². The predicted molar refractivity (Wildman–Crippen MR) is 107 cm³/mol. The molecule has 1 aromatic carbocycles. The van der Waals surface area contributed by atoms with Crippen molar-refractivity contribution in [2.75, 3.05) is 0 Å². The molecule has 3 aromatic heterocycles. The van der Waals surface area contributed by atoms with Gasteiger partial charge in [0.05, 0.1) is 11.7 Å². The Bertz CT molecular complexity index is 1160. The summed E-state index contributed by atoms with van der Waals surface area (Å²) in [6.45, 7) is 3.93. The number of nitrogens with zero attached hydrogens (tertiary/aromatic N) is 4. The van der Waals surface area contributed by atoms with E-state index in [-0.39, 0.29) is 5.78 Å². The highest BCUT2D eigenvalue weighted by atomic mass is 16.1. The fourth-order valence-corrected chi connectivity index (χ4v) is 3.29. The van der Waals surface area contributed by atoms with E-state index in [4.69, 9.17) is 0 Å². The highest BCUT2D eigenvalue weighted by molar-refractivity contribution is 5.99. The number of hydrogen-bond acceptors (Lipinski definition) is 4. The molecule has 0 saturated carbocycles. The van der Waals surface area contributed by atoms with Crippen LogP contribution < -0.4 is 0 Å². The van der Waals surface area contributed by atoms with Crippen LogP contribution in [-0.4, -0.2) is 25.5 Å². The summed E-state index contributed by atoms with van der Waals surface area (Å²) in [4.78, 5) is 21.1. The monoisotopic (exact) mass is 356 g/mol. The second-order valence-electron chi connectivity index (χ2n) is 6.66. The van der Waals surface area contributed by atoms with Crippen molar-refractivity contribution in [3.8, 4) is 22.3 Å². The largest absolute Gasteiger partial charge is 0.292 e. The van der Waals surface area contributed by atoms with Crippen molar-refractivity contribution in [1.82, 2.24) is 19.7 Å². The van der Waals surface area contributed by atoms with Crippen LogP contribution in [0.25, 0.3) is 33.2 Å². The van der Waals surface area contributed by atoms with E-state index in [2.05, 4.69) is 40.2 Å². The Morgan fingerprint density at radius 1 is 1.04 bits per heavy atom. The van der Waals surface area contributed by atoms with Crippen molar-refractivity contribution in [2.24, 2.45) is 7.05 Å². The van der Waals surface area contributed by atoms with Gasteiger partial charge in [0.1, 0.15) is 5.69 Å². The molecule has 0 aliphatic heterocycles. The number of rotatable bonds is 4. The Kier molecular flexibility index (Phi) is 4.28. The van der Waals surface area contributed by atoms with Crippen LogP contribution >= 0.6 is 0 Å². The Morgan fingerprint density at radius 2 is 1.89 bits per heavy atom. The molecule has 0 saturated heterocycles. The number of aryl methyl sites for hydroxylation is 2. The second kappa shape index (κ2) is 6.76. The van der Waals surface area contributed by atoms with Crippen molar-refractivity contribution in [3.63, 3.8) is 0 Å². The maximum absolute atomic E-state index is 12.1. The average Bonchev–Trinajstić information content (AvgIpc) is 3.13. The number of benzene rings is 1. The second-order valence-corrected chi connectivity index (χ2v) is 6.66. The van der Waals surface area contributed by atoms with Gasteiger partial charge in [0.2, 0.25) is 0 Å². The Hall–Kier alpha value is -3.34. The van der Waals surface area contributed by atoms with Gasteiger partial charge in [-0.15, -0.1) is 0 Å². The van der Waals surface area contributed by atoms with Gasteiger partial charge in [0, 0.05) is 48.6 Å². The van der Waals surface area contributed by atoms with Gasteiger partial charge in [-0.25, -0.2) is 4.98 Å². The molecule has 0 bridgehead atoms. The topological polar surface area (TPSA) is 60.7 Å². The zero-order valence-corrected chi connectivity index (χ0v) is 15.6. The number of ketones is 1. The molecule has 0 radical (unpaired) electrons. The third kappa shape index (κ3) is 3.12. The third-order valence-electron chi connectivity index (χ3n) is 4.76. The number of hydrogen-bond donors (Lipinski definition) is 0. The maximum Gasteiger partial charge on any atom is 0.180 e. The highest BCUT2D eigenvalue weighted by Crippen LogP contribution is 2.32. The van der Waals surface area contributed by atoms with Crippen LogP contribution in [0.1, 0.15) is 29.4 Å². The van der Waals surface area contributed by atoms with Crippen molar-refractivity contribution in [3.05, 3.63) is 66.4 Å². The van der Waals surface area contributed by atoms with Crippen molar-refractivity contribution < 1.29 is 4.79 Å². The standard InChI is InChI=1S/C22H20N4O/c1-4-21(27)20-8-6-16-10-23-12-19(22(16)25-20)18-7-5-15(9-14(18)2)17-11-24-26(3)13-17/h5-13H,4H2,1-3H3. The average molecular weight is 356 g/mol. The normalized spacial score (nSPS) is 11.1. The molecule has 0 fully saturated rings. The summed E-state index contributed by atoms with van der Waals surface area (Å²) in [5.74, 6) is 0.0447. The maximum atomic E-state index is 12.1. The summed E-state index contributed by atoms with van der Waals surface area (Å²) in [7, 11) is 1.91. The molecule has 0 amide bonds. The zero-order chi connectivity index (χ0) is 19.0. The molecule has 0 aliphatic rings. The van der Waals surface area contributed by atoms with E-state index in [9.17, 15) is 4.79 Å². The predicted octanol–water partition coefficient (Wildman–Crippen LogP) is 4.60. The van der Waals surface area contributed by atoms with Gasteiger partial charge in [-0.05, 0) is 35.7 Å². The van der Waals surface area contributed by atoms with Crippen LogP contribution in [0.3, 0.4) is 0 Å². The summed E-state index contributed by atoms with van der Waals surface area (Å²) in [5, 5.41) is 5.17. The van der Waals surface area contributed by atoms with Crippen molar-refractivity contribution in [1.29, 1.82) is 0 Å². The Morgan fingerprint density at radius 3 is 2.59 bits per heavy atom. The number of pyridine rings is 2. The van der Waals surface area contributed by atoms with Crippen LogP contribution in [0.5, 0.6) is 0 Å². The van der Waals surface area contributed by atoms with Crippen molar-refractivity contribution >= 4 is 16.7 Å². The smallest absolute Gasteiger partial charge is 0.180 e.